The molecule has 0 fully saturated rings. The maximum atomic E-state index is 8.87. The van der Waals surface area contributed by atoms with Gasteiger partial charge in [-0.15, -0.1) is 0 Å². The molecule has 21 heavy (non-hydrogen) atoms. The number of hydrogen-bond donors (Lipinski definition) is 2. The number of aliphatic hydroxyl groups excluding tert-OH is 1. The number of nitrogens with one attached hydrogen (secondary N) is 1. The normalized spacial score (nSPS) is 10.7. The molecule has 2 N–H and O–H groups in total. The predicted octanol–water partition coefficient (Wildman–Crippen LogP) is 2.14. The Bertz CT molecular complexity index is 691. The van der Waals surface area contributed by atoms with Gasteiger partial charge >= 0.3 is 0 Å². The third-order valence-electron chi connectivity index (χ3n) is 3.09. The molecule has 0 bridgehead atoms. The molecule has 0 unspecified atom stereocenters. The van der Waals surface area contributed by atoms with Gasteiger partial charge in [-0.05, 0) is 12.1 Å². The summed E-state index contributed by atoms with van der Waals surface area (Å²) < 4.78 is 7.02. The molecule has 0 amide bonds. The Morgan fingerprint density at radius 1 is 1.29 bits per heavy atom. The molecule has 6 nitrogen and oxygen atoms in total. The molecular formula is C15H16N4O2. The molecule has 3 aromatic rings. The van der Waals surface area contributed by atoms with Crippen LogP contribution in [-0.4, -0.2) is 26.5 Å². The summed E-state index contributed by atoms with van der Waals surface area (Å²) in [7, 11) is 0. The summed E-state index contributed by atoms with van der Waals surface area (Å²) in [6.45, 7) is 1.28. The average molecular weight is 284 g/mol. The third-order valence-corrected chi connectivity index (χ3v) is 3.09. The van der Waals surface area contributed by atoms with Crippen LogP contribution in [0.1, 0.15) is 5.56 Å². The van der Waals surface area contributed by atoms with Crippen molar-refractivity contribution >= 4 is 5.69 Å². The highest BCUT2D eigenvalue weighted by Crippen LogP contribution is 2.22. The quantitative estimate of drug-likeness (QED) is 0.725. The van der Waals surface area contributed by atoms with Gasteiger partial charge in [-0.2, -0.15) is 5.10 Å². The summed E-state index contributed by atoms with van der Waals surface area (Å²) in [6, 6.07) is 7.96. The Morgan fingerprint density at radius 2 is 2.24 bits per heavy atom. The first kappa shape index (κ1) is 13.4. The summed E-state index contributed by atoms with van der Waals surface area (Å²) in [5.74, 6) is 0.745. The van der Waals surface area contributed by atoms with Gasteiger partial charge in [0.05, 0.1) is 25.5 Å². The van der Waals surface area contributed by atoms with Crippen LogP contribution in [-0.2, 0) is 13.1 Å². The van der Waals surface area contributed by atoms with Gasteiger partial charge in [0.25, 0.3) is 0 Å². The summed E-state index contributed by atoms with van der Waals surface area (Å²) in [5, 5.41) is 16.4. The number of oxazole rings is 1. The van der Waals surface area contributed by atoms with E-state index in [0.29, 0.717) is 13.1 Å². The van der Waals surface area contributed by atoms with E-state index in [4.69, 9.17) is 9.52 Å². The molecule has 2 aromatic heterocycles. The largest absolute Gasteiger partial charge is 0.444 e. The van der Waals surface area contributed by atoms with Crippen molar-refractivity contribution in [1.29, 1.82) is 0 Å². The molecule has 0 spiro atoms. The summed E-state index contributed by atoms with van der Waals surface area (Å²) in [6.07, 6.45) is 6.83. The highest BCUT2D eigenvalue weighted by atomic mass is 16.3. The summed E-state index contributed by atoms with van der Waals surface area (Å²) >= 11 is 0. The standard InChI is InChI=1S/C15H16N4O2/c20-5-4-19-10-12(8-18-19)7-17-14-3-1-2-13(6-14)15-9-16-11-21-15/h1-3,6,8-11,17,20H,4-5,7H2. The fourth-order valence-electron chi connectivity index (χ4n) is 2.07. The lowest BCUT2D eigenvalue weighted by Crippen LogP contribution is -2.02. The smallest absolute Gasteiger partial charge is 0.181 e. The molecule has 2 heterocycles. The minimum absolute atomic E-state index is 0.0910. The Morgan fingerprint density at radius 3 is 3.05 bits per heavy atom. The van der Waals surface area contributed by atoms with E-state index in [9.17, 15) is 0 Å². The van der Waals surface area contributed by atoms with Crippen LogP contribution in [0.3, 0.4) is 0 Å². The zero-order chi connectivity index (χ0) is 14.5. The van der Waals surface area contributed by atoms with Crippen LogP contribution in [0.5, 0.6) is 0 Å². The monoisotopic (exact) mass is 284 g/mol. The Kier molecular flexibility index (Phi) is 3.97. The minimum Gasteiger partial charge on any atom is -0.444 e. The third kappa shape index (κ3) is 3.29. The average Bonchev–Trinajstić information content (AvgIpc) is 3.18. The zero-order valence-electron chi connectivity index (χ0n) is 11.4. The number of aromatic nitrogens is 3. The van der Waals surface area contributed by atoms with Gasteiger partial charge in [-0.3, -0.25) is 4.68 Å². The number of rotatable bonds is 6. The number of benzene rings is 1. The maximum absolute atomic E-state index is 8.87. The lowest BCUT2D eigenvalue weighted by molar-refractivity contribution is 0.269. The molecule has 0 radical (unpaired) electrons. The van der Waals surface area contributed by atoms with Crippen molar-refractivity contribution in [2.45, 2.75) is 13.1 Å². The number of anilines is 1. The van der Waals surface area contributed by atoms with Crippen LogP contribution < -0.4 is 5.32 Å². The Labute approximate surface area is 122 Å². The van der Waals surface area contributed by atoms with E-state index >= 15 is 0 Å². The first-order valence-electron chi connectivity index (χ1n) is 6.70. The van der Waals surface area contributed by atoms with Gasteiger partial charge in [-0.1, -0.05) is 12.1 Å². The number of hydrogen-bond acceptors (Lipinski definition) is 5. The van der Waals surface area contributed by atoms with E-state index in [1.165, 1.54) is 6.39 Å². The molecular weight excluding hydrogens is 268 g/mol. The molecule has 0 saturated heterocycles. The van der Waals surface area contributed by atoms with Crippen LogP contribution in [0.15, 0.2) is 53.7 Å². The van der Waals surface area contributed by atoms with Crippen LogP contribution >= 0.6 is 0 Å². The van der Waals surface area contributed by atoms with Gasteiger partial charge in [0.15, 0.2) is 12.2 Å². The van der Waals surface area contributed by atoms with E-state index in [1.807, 2.05) is 30.5 Å². The first-order chi connectivity index (χ1) is 10.3. The molecule has 3 rings (SSSR count). The second-order valence-electron chi connectivity index (χ2n) is 4.64. The van der Waals surface area contributed by atoms with Crippen molar-refractivity contribution in [3.8, 4) is 11.3 Å². The zero-order valence-corrected chi connectivity index (χ0v) is 11.4. The molecule has 0 aliphatic carbocycles. The lowest BCUT2D eigenvalue weighted by Gasteiger charge is -2.06. The van der Waals surface area contributed by atoms with Gasteiger partial charge in [0.1, 0.15) is 0 Å². The van der Waals surface area contributed by atoms with Crippen molar-refractivity contribution in [3.05, 3.63) is 54.8 Å². The minimum atomic E-state index is 0.0910. The molecule has 1 aromatic carbocycles. The van der Waals surface area contributed by atoms with Crippen molar-refractivity contribution in [2.75, 3.05) is 11.9 Å². The van der Waals surface area contributed by atoms with E-state index < -0.39 is 0 Å². The summed E-state index contributed by atoms with van der Waals surface area (Å²) in [4.78, 5) is 3.92. The number of nitrogens with zero attached hydrogens (tertiary/aromatic N) is 3. The van der Waals surface area contributed by atoms with Crippen molar-refractivity contribution in [2.24, 2.45) is 0 Å². The Hall–Kier alpha value is -2.60. The Balaban J connectivity index is 1.66. The summed E-state index contributed by atoms with van der Waals surface area (Å²) in [5.41, 5.74) is 3.04. The van der Waals surface area contributed by atoms with Crippen LogP contribution in [0.2, 0.25) is 0 Å². The van der Waals surface area contributed by atoms with Crippen LogP contribution in [0.4, 0.5) is 5.69 Å². The molecule has 6 heteroatoms. The van der Waals surface area contributed by atoms with E-state index in [1.54, 1.807) is 17.1 Å². The maximum Gasteiger partial charge on any atom is 0.181 e. The molecule has 0 saturated carbocycles. The van der Waals surface area contributed by atoms with Gasteiger partial charge in [0.2, 0.25) is 0 Å². The van der Waals surface area contributed by atoms with E-state index in [-0.39, 0.29) is 6.61 Å². The molecule has 108 valence electrons. The van der Waals surface area contributed by atoms with Crippen molar-refractivity contribution < 1.29 is 9.52 Å². The van der Waals surface area contributed by atoms with Crippen molar-refractivity contribution in [1.82, 2.24) is 14.8 Å². The fourth-order valence-corrected chi connectivity index (χ4v) is 2.07. The second kappa shape index (κ2) is 6.23. The van der Waals surface area contributed by atoms with Crippen LogP contribution in [0, 0.1) is 0 Å². The van der Waals surface area contributed by atoms with Crippen molar-refractivity contribution in [3.63, 3.8) is 0 Å². The highest BCUT2D eigenvalue weighted by molar-refractivity contribution is 5.63. The SMILES string of the molecule is OCCn1cc(CNc2cccc(-c3cnco3)c2)cn1. The number of aliphatic hydroxyl groups is 1. The lowest BCUT2D eigenvalue weighted by atomic mass is 10.1. The van der Waals surface area contributed by atoms with Crippen LogP contribution in [0.25, 0.3) is 11.3 Å². The first-order valence-corrected chi connectivity index (χ1v) is 6.70. The predicted molar refractivity (Wildman–Crippen MR) is 78.6 cm³/mol. The van der Waals surface area contributed by atoms with E-state index in [2.05, 4.69) is 15.4 Å². The molecule has 0 atom stereocenters. The topological polar surface area (TPSA) is 76.1 Å². The van der Waals surface area contributed by atoms with Gasteiger partial charge < -0.3 is 14.8 Å². The van der Waals surface area contributed by atoms with Gasteiger partial charge in [-0.25, -0.2) is 4.98 Å². The molecule has 0 aliphatic rings. The van der Waals surface area contributed by atoms with E-state index in [0.717, 1.165) is 22.6 Å². The van der Waals surface area contributed by atoms with Gasteiger partial charge in [0, 0.05) is 29.6 Å². The second-order valence-corrected chi connectivity index (χ2v) is 4.64. The fraction of sp³-hybridized carbons (Fsp3) is 0.200. The highest BCUT2D eigenvalue weighted by Gasteiger charge is 2.03. The molecule has 0 aliphatic heterocycles.